The number of ketones is 1. The number of carbonyl (C=O) groups excluding carboxylic acids is 1. The number of pyridine rings is 1. The fourth-order valence-electron chi connectivity index (χ4n) is 2.83. The van der Waals surface area contributed by atoms with E-state index in [0.29, 0.717) is 5.56 Å². The van der Waals surface area contributed by atoms with Crippen LogP contribution in [0.4, 0.5) is 4.39 Å². The van der Waals surface area contributed by atoms with E-state index in [9.17, 15) is 23.9 Å². The van der Waals surface area contributed by atoms with Crippen LogP contribution >= 0.6 is 24.0 Å². The number of fused-ring (bicyclic) bond motifs is 1. The van der Waals surface area contributed by atoms with Crippen LogP contribution in [0.1, 0.15) is 36.7 Å². The van der Waals surface area contributed by atoms with E-state index >= 15 is 0 Å². The summed E-state index contributed by atoms with van der Waals surface area (Å²) in [5.74, 6) is -1.80. The van der Waals surface area contributed by atoms with E-state index in [1.54, 1.807) is 20.8 Å². The number of aromatic nitrogens is 2. The lowest BCUT2D eigenvalue weighted by Gasteiger charge is -2.17. The third kappa shape index (κ3) is 4.21. The summed E-state index contributed by atoms with van der Waals surface area (Å²) in [6.45, 7) is 5.04. The highest BCUT2D eigenvalue weighted by atomic mass is 35.5. The van der Waals surface area contributed by atoms with Gasteiger partial charge < -0.3 is 14.1 Å². The van der Waals surface area contributed by atoms with Crippen LogP contribution in [0.25, 0.3) is 5.52 Å². The normalized spacial score (nSPS) is 11.3. The molecular formula is C20H19Cl2FN2O4. The van der Waals surface area contributed by atoms with Gasteiger partial charge in [-0.25, -0.2) is 4.39 Å². The predicted molar refractivity (Wildman–Crippen MR) is 111 cm³/mol. The summed E-state index contributed by atoms with van der Waals surface area (Å²) in [6, 6.07) is 4.07. The molecule has 0 aliphatic heterocycles. The Labute approximate surface area is 176 Å². The third-order valence-electron chi connectivity index (χ3n) is 4.34. The molecule has 0 aliphatic rings. The third-order valence-corrected chi connectivity index (χ3v) is 4.63. The molecular weight excluding hydrogens is 422 g/mol. The number of aromatic hydroxyl groups is 1. The topological polar surface area (TPSA) is 80.8 Å². The highest BCUT2D eigenvalue weighted by Gasteiger charge is 2.27. The highest BCUT2D eigenvalue weighted by molar-refractivity contribution is 6.30. The minimum absolute atomic E-state index is 0. The van der Waals surface area contributed by atoms with Gasteiger partial charge in [0.15, 0.2) is 17.0 Å². The van der Waals surface area contributed by atoms with Crippen LogP contribution in [0.3, 0.4) is 0 Å². The van der Waals surface area contributed by atoms with Gasteiger partial charge in [-0.2, -0.15) is 0 Å². The zero-order valence-electron chi connectivity index (χ0n) is 15.9. The maximum atomic E-state index is 13.3. The fraction of sp³-hybridized carbons (Fsp3) is 0.250. The number of hydrogen-bond donors (Lipinski definition) is 1. The van der Waals surface area contributed by atoms with Gasteiger partial charge in [-0.15, -0.1) is 12.4 Å². The maximum Gasteiger partial charge on any atom is 0.279 e. The summed E-state index contributed by atoms with van der Waals surface area (Å²) in [6.07, 6.45) is 4.16. The molecule has 0 spiro atoms. The van der Waals surface area contributed by atoms with Crippen molar-refractivity contribution in [1.82, 2.24) is 8.97 Å². The van der Waals surface area contributed by atoms with Crippen molar-refractivity contribution in [2.75, 3.05) is 0 Å². The van der Waals surface area contributed by atoms with Crippen molar-refractivity contribution in [2.24, 2.45) is 5.41 Å². The monoisotopic (exact) mass is 440 g/mol. The van der Waals surface area contributed by atoms with Gasteiger partial charge in [0.25, 0.3) is 5.56 Å². The molecule has 1 aromatic carbocycles. The second-order valence-corrected chi connectivity index (χ2v) is 7.94. The summed E-state index contributed by atoms with van der Waals surface area (Å²) in [7, 11) is 0. The van der Waals surface area contributed by atoms with Crippen LogP contribution in [0, 0.1) is 11.2 Å². The number of halogens is 3. The molecule has 0 unspecified atom stereocenters. The molecule has 9 heteroatoms. The highest BCUT2D eigenvalue weighted by Crippen LogP contribution is 2.21. The van der Waals surface area contributed by atoms with Crippen molar-refractivity contribution in [1.29, 1.82) is 0 Å². The second kappa shape index (κ2) is 8.00. The van der Waals surface area contributed by atoms with Crippen LogP contribution in [0.15, 0.2) is 46.4 Å². The SMILES string of the molecule is CC(C)(C)C(=O)c1cn2ccn(Cc3ccc(F)c(Cl)c3)c(=O)c2c(O)c1=O.Cl. The molecule has 2 aromatic heterocycles. The Bertz CT molecular complexity index is 1230. The predicted octanol–water partition coefficient (Wildman–Crippen LogP) is 3.66. The molecule has 29 heavy (non-hydrogen) atoms. The largest absolute Gasteiger partial charge is 0.503 e. The molecule has 3 rings (SSSR count). The van der Waals surface area contributed by atoms with E-state index in [4.69, 9.17) is 11.6 Å². The molecule has 0 saturated heterocycles. The molecule has 2 heterocycles. The molecule has 0 saturated carbocycles. The lowest BCUT2D eigenvalue weighted by molar-refractivity contribution is 0.0856. The van der Waals surface area contributed by atoms with Gasteiger partial charge in [-0.05, 0) is 17.7 Å². The second-order valence-electron chi connectivity index (χ2n) is 7.54. The number of nitrogens with zero attached hydrogens (tertiary/aromatic N) is 2. The van der Waals surface area contributed by atoms with Crippen molar-refractivity contribution < 1.29 is 14.3 Å². The number of rotatable bonds is 3. The molecule has 0 fully saturated rings. The van der Waals surface area contributed by atoms with E-state index in [-0.39, 0.29) is 35.1 Å². The molecule has 0 aliphatic carbocycles. The van der Waals surface area contributed by atoms with Gasteiger partial charge in [0.05, 0.1) is 17.1 Å². The van der Waals surface area contributed by atoms with Crippen molar-refractivity contribution in [3.63, 3.8) is 0 Å². The molecule has 6 nitrogen and oxygen atoms in total. The molecule has 154 valence electrons. The average molecular weight is 441 g/mol. The van der Waals surface area contributed by atoms with Gasteiger partial charge in [-0.3, -0.25) is 14.4 Å². The summed E-state index contributed by atoms with van der Waals surface area (Å²) >= 11 is 5.76. The zero-order valence-corrected chi connectivity index (χ0v) is 17.5. The Kier molecular flexibility index (Phi) is 6.25. The molecule has 0 radical (unpaired) electrons. The van der Waals surface area contributed by atoms with Crippen LogP contribution in [0.5, 0.6) is 5.75 Å². The van der Waals surface area contributed by atoms with Crippen molar-refractivity contribution in [2.45, 2.75) is 27.3 Å². The van der Waals surface area contributed by atoms with E-state index in [1.165, 1.54) is 45.8 Å². The van der Waals surface area contributed by atoms with Gasteiger partial charge >= 0.3 is 0 Å². The van der Waals surface area contributed by atoms with Crippen molar-refractivity contribution >= 4 is 35.3 Å². The van der Waals surface area contributed by atoms with E-state index < -0.39 is 33.8 Å². The minimum Gasteiger partial charge on any atom is -0.503 e. The average Bonchev–Trinajstić information content (AvgIpc) is 2.62. The molecule has 0 bridgehead atoms. The molecule has 0 amide bonds. The Morgan fingerprint density at radius 3 is 2.45 bits per heavy atom. The number of Topliss-reactive ketones (excluding diaryl/α,β-unsaturated/α-hetero) is 1. The molecule has 3 aromatic rings. The number of benzene rings is 1. The first-order valence-corrected chi connectivity index (χ1v) is 8.84. The van der Waals surface area contributed by atoms with Gasteiger partial charge in [0, 0.05) is 24.0 Å². The Hall–Kier alpha value is -2.64. The number of carbonyl (C=O) groups is 1. The fourth-order valence-corrected chi connectivity index (χ4v) is 3.03. The lowest BCUT2D eigenvalue weighted by Crippen LogP contribution is -2.29. The standard InChI is InChI=1S/C20H18ClFN2O4.ClH/c1-20(2,3)18(27)12-10-23-6-7-24(19(28)15(23)17(26)16(12)25)9-11-4-5-14(22)13(21)8-11;/h4-8,10,26H,9H2,1-3H3;1H. The molecule has 0 atom stereocenters. The van der Waals surface area contributed by atoms with Crippen LogP contribution < -0.4 is 11.0 Å². The summed E-state index contributed by atoms with van der Waals surface area (Å²) in [5.41, 5.74) is -2.21. The Morgan fingerprint density at radius 2 is 1.86 bits per heavy atom. The van der Waals surface area contributed by atoms with Gasteiger partial charge in [0.2, 0.25) is 5.43 Å². The first kappa shape index (κ1) is 22.6. The van der Waals surface area contributed by atoms with Gasteiger partial charge in [0.1, 0.15) is 5.82 Å². The summed E-state index contributed by atoms with van der Waals surface area (Å²) in [5, 5.41) is 10.3. The smallest absolute Gasteiger partial charge is 0.279 e. The lowest BCUT2D eigenvalue weighted by atomic mass is 9.87. The van der Waals surface area contributed by atoms with E-state index in [2.05, 4.69) is 0 Å². The van der Waals surface area contributed by atoms with Crippen LogP contribution in [0.2, 0.25) is 5.02 Å². The zero-order chi connectivity index (χ0) is 20.8. The van der Waals surface area contributed by atoms with E-state index in [1.807, 2.05) is 0 Å². The quantitative estimate of drug-likeness (QED) is 0.630. The van der Waals surface area contributed by atoms with Crippen molar-refractivity contribution in [3.8, 4) is 5.75 Å². The van der Waals surface area contributed by atoms with Crippen molar-refractivity contribution in [3.05, 3.63) is 79.3 Å². The first-order valence-electron chi connectivity index (χ1n) is 8.47. The van der Waals surface area contributed by atoms with Gasteiger partial charge in [-0.1, -0.05) is 38.4 Å². The molecule has 1 N–H and O–H groups in total. The van der Waals surface area contributed by atoms with Crippen LogP contribution in [-0.4, -0.2) is 19.9 Å². The Balaban J connectivity index is 0.00000300. The van der Waals surface area contributed by atoms with E-state index in [0.717, 1.165) is 0 Å². The van der Waals surface area contributed by atoms with Crippen LogP contribution in [-0.2, 0) is 6.54 Å². The summed E-state index contributed by atoms with van der Waals surface area (Å²) in [4.78, 5) is 37.8. The summed E-state index contributed by atoms with van der Waals surface area (Å²) < 4.78 is 15.8. The number of hydrogen-bond acceptors (Lipinski definition) is 4. The Morgan fingerprint density at radius 1 is 1.21 bits per heavy atom. The minimum atomic E-state index is -0.889. The maximum absolute atomic E-state index is 13.3. The first-order chi connectivity index (χ1) is 13.0.